The van der Waals surface area contributed by atoms with E-state index in [1.165, 1.54) is 0 Å². The highest BCUT2D eigenvalue weighted by molar-refractivity contribution is 5.73. The molecule has 0 unspecified atom stereocenters. The minimum absolute atomic E-state index is 0.241. The third kappa shape index (κ3) is 3.14. The van der Waals surface area contributed by atoms with Crippen molar-refractivity contribution in [1.29, 1.82) is 0 Å². The van der Waals surface area contributed by atoms with E-state index in [0.717, 1.165) is 5.56 Å². The Morgan fingerprint density at radius 1 is 1.14 bits per heavy atom. The number of nitrogens with zero attached hydrogens (tertiary/aromatic N) is 2. The number of H-pyrrole nitrogens is 1. The lowest BCUT2D eigenvalue weighted by atomic mass is 10.2. The number of hydrogen-bond donors (Lipinski definition) is 2. The van der Waals surface area contributed by atoms with Gasteiger partial charge >= 0.3 is 0 Å². The maximum absolute atomic E-state index is 11.8. The fourth-order valence-corrected chi connectivity index (χ4v) is 1.98. The van der Waals surface area contributed by atoms with Crippen molar-refractivity contribution in [1.82, 2.24) is 15.0 Å². The molecule has 0 aliphatic heterocycles. The molecule has 0 aliphatic rings. The van der Waals surface area contributed by atoms with Gasteiger partial charge in [0.05, 0.1) is 5.52 Å². The molecule has 3 rings (SSSR count). The van der Waals surface area contributed by atoms with Crippen molar-refractivity contribution in [2.45, 2.75) is 0 Å². The molecule has 0 saturated heterocycles. The Labute approximate surface area is 121 Å². The zero-order valence-electron chi connectivity index (χ0n) is 11.3. The molecule has 0 spiro atoms. The van der Waals surface area contributed by atoms with E-state index in [9.17, 15) is 4.79 Å². The second-order valence-electron chi connectivity index (χ2n) is 4.48. The van der Waals surface area contributed by atoms with Crippen LogP contribution >= 0.6 is 0 Å². The van der Waals surface area contributed by atoms with Gasteiger partial charge in [0.25, 0.3) is 5.56 Å². The third-order valence-corrected chi connectivity index (χ3v) is 2.96. The number of aromatic amines is 1. The molecule has 104 valence electrons. The van der Waals surface area contributed by atoms with Gasteiger partial charge in [-0.3, -0.25) is 9.78 Å². The minimum atomic E-state index is -0.241. The second kappa shape index (κ2) is 6.00. The van der Waals surface area contributed by atoms with Crippen LogP contribution < -0.4 is 10.9 Å². The Bertz CT molecular complexity index is 824. The summed E-state index contributed by atoms with van der Waals surface area (Å²) in [6, 6.07) is 13.5. The summed E-state index contributed by atoms with van der Waals surface area (Å²) in [5.41, 5.74) is 1.82. The average Bonchev–Trinajstić information content (AvgIpc) is 2.53. The SMILES string of the molecule is O=c1[nH]c(NCC=Cc2ccccc2)nc2cccnc12. The van der Waals surface area contributed by atoms with Gasteiger partial charge in [-0.25, -0.2) is 9.97 Å². The number of fused-ring (bicyclic) bond motifs is 1. The number of pyridine rings is 1. The van der Waals surface area contributed by atoms with E-state index in [0.29, 0.717) is 23.5 Å². The molecule has 5 nitrogen and oxygen atoms in total. The van der Waals surface area contributed by atoms with Gasteiger partial charge in [-0.15, -0.1) is 0 Å². The maximum atomic E-state index is 11.8. The largest absolute Gasteiger partial charge is 0.352 e. The van der Waals surface area contributed by atoms with Crippen LogP contribution in [0.1, 0.15) is 5.56 Å². The van der Waals surface area contributed by atoms with Crippen LogP contribution in [0.3, 0.4) is 0 Å². The molecule has 0 aliphatic carbocycles. The number of anilines is 1. The molecule has 0 amide bonds. The third-order valence-electron chi connectivity index (χ3n) is 2.96. The summed E-state index contributed by atoms with van der Waals surface area (Å²) in [5.74, 6) is 0.443. The molecule has 0 atom stereocenters. The summed E-state index contributed by atoms with van der Waals surface area (Å²) >= 11 is 0. The summed E-state index contributed by atoms with van der Waals surface area (Å²) < 4.78 is 0. The molecular weight excluding hydrogens is 264 g/mol. The Balaban J connectivity index is 1.71. The van der Waals surface area contributed by atoms with Gasteiger partial charge in [-0.1, -0.05) is 42.5 Å². The van der Waals surface area contributed by atoms with E-state index in [1.54, 1.807) is 18.3 Å². The maximum Gasteiger partial charge on any atom is 0.278 e. The van der Waals surface area contributed by atoms with Gasteiger partial charge in [0.15, 0.2) is 5.52 Å². The first-order chi connectivity index (χ1) is 10.3. The Kier molecular flexibility index (Phi) is 3.73. The first-order valence-electron chi connectivity index (χ1n) is 6.63. The van der Waals surface area contributed by atoms with Crippen molar-refractivity contribution in [2.75, 3.05) is 11.9 Å². The highest BCUT2D eigenvalue weighted by Gasteiger charge is 2.02. The van der Waals surface area contributed by atoms with Gasteiger partial charge in [0.1, 0.15) is 0 Å². The van der Waals surface area contributed by atoms with Gasteiger partial charge in [-0.2, -0.15) is 0 Å². The normalized spacial score (nSPS) is 11.0. The molecule has 0 fully saturated rings. The molecule has 3 aromatic rings. The first kappa shape index (κ1) is 13.1. The molecule has 5 heteroatoms. The van der Waals surface area contributed by atoms with Crippen molar-refractivity contribution in [2.24, 2.45) is 0 Å². The van der Waals surface area contributed by atoms with Crippen molar-refractivity contribution in [3.8, 4) is 0 Å². The molecule has 0 radical (unpaired) electrons. The van der Waals surface area contributed by atoms with Crippen LogP contribution in [0, 0.1) is 0 Å². The quantitative estimate of drug-likeness (QED) is 0.769. The van der Waals surface area contributed by atoms with Crippen molar-refractivity contribution in [3.63, 3.8) is 0 Å². The first-order valence-corrected chi connectivity index (χ1v) is 6.63. The van der Waals surface area contributed by atoms with Crippen molar-refractivity contribution >= 4 is 23.1 Å². The summed E-state index contributed by atoms with van der Waals surface area (Å²) in [6.45, 7) is 0.573. The van der Waals surface area contributed by atoms with E-state index >= 15 is 0 Å². The van der Waals surface area contributed by atoms with E-state index in [1.807, 2.05) is 42.5 Å². The fraction of sp³-hybridized carbons (Fsp3) is 0.0625. The summed E-state index contributed by atoms with van der Waals surface area (Å²) in [4.78, 5) is 22.8. The Morgan fingerprint density at radius 2 is 2.00 bits per heavy atom. The smallest absolute Gasteiger partial charge is 0.278 e. The number of aromatic nitrogens is 3. The van der Waals surface area contributed by atoms with Crippen LogP contribution in [-0.4, -0.2) is 21.5 Å². The molecule has 1 aromatic carbocycles. The van der Waals surface area contributed by atoms with Gasteiger partial charge < -0.3 is 5.32 Å². The molecule has 21 heavy (non-hydrogen) atoms. The lowest BCUT2D eigenvalue weighted by Crippen LogP contribution is -2.14. The van der Waals surface area contributed by atoms with Crippen LogP contribution in [0.5, 0.6) is 0 Å². The molecular formula is C16H14N4O. The average molecular weight is 278 g/mol. The summed E-state index contributed by atoms with van der Waals surface area (Å²) in [6.07, 6.45) is 5.56. The molecule has 0 saturated carbocycles. The van der Waals surface area contributed by atoms with Crippen LogP contribution in [0.4, 0.5) is 5.95 Å². The Hall–Kier alpha value is -2.95. The zero-order valence-corrected chi connectivity index (χ0v) is 11.3. The predicted molar refractivity (Wildman–Crippen MR) is 84.1 cm³/mol. The van der Waals surface area contributed by atoms with Gasteiger partial charge in [0.2, 0.25) is 5.95 Å². The van der Waals surface area contributed by atoms with E-state index in [-0.39, 0.29) is 5.56 Å². The number of hydrogen-bond acceptors (Lipinski definition) is 4. The van der Waals surface area contributed by atoms with Gasteiger partial charge in [-0.05, 0) is 17.7 Å². The number of rotatable bonds is 4. The molecule has 2 heterocycles. The lowest BCUT2D eigenvalue weighted by Gasteiger charge is -2.03. The Morgan fingerprint density at radius 3 is 2.86 bits per heavy atom. The highest BCUT2D eigenvalue weighted by Crippen LogP contribution is 2.05. The molecule has 2 N–H and O–H groups in total. The monoisotopic (exact) mass is 278 g/mol. The summed E-state index contributed by atoms with van der Waals surface area (Å²) in [5, 5.41) is 3.07. The predicted octanol–water partition coefficient (Wildman–Crippen LogP) is 2.44. The van der Waals surface area contributed by atoms with E-state index < -0.39 is 0 Å². The van der Waals surface area contributed by atoms with Crippen LogP contribution in [0.25, 0.3) is 17.1 Å². The van der Waals surface area contributed by atoms with E-state index in [4.69, 9.17) is 0 Å². The fourth-order valence-electron chi connectivity index (χ4n) is 1.98. The number of nitrogens with one attached hydrogen (secondary N) is 2. The molecule has 0 bridgehead atoms. The van der Waals surface area contributed by atoms with Crippen LogP contribution in [0.2, 0.25) is 0 Å². The van der Waals surface area contributed by atoms with Crippen LogP contribution in [0.15, 0.2) is 59.5 Å². The van der Waals surface area contributed by atoms with Crippen molar-refractivity contribution < 1.29 is 0 Å². The zero-order chi connectivity index (χ0) is 14.5. The van der Waals surface area contributed by atoms with Crippen molar-refractivity contribution in [3.05, 3.63) is 70.7 Å². The van der Waals surface area contributed by atoms with Crippen LogP contribution in [-0.2, 0) is 0 Å². The highest BCUT2D eigenvalue weighted by atomic mass is 16.1. The lowest BCUT2D eigenvalue weighted by molar-refractivity contribution is 1.11. The topological polar surface area (TPSA) is 70.7 Å². The summed E-state index contributed by atoms with van der Waals surface area (Å²) in [7, 11) is 0. The number of benzene rings is 1. The minimum Gasteiger partial charge on any atom is -0.352 e. The molecule has 2 aromatic heterocycles. The van der Waals surface area contributed by atoms with E-state index in [2.05, 4.69) is 20.3 Å². The van der Waals surface area contributed by atoms with Gasteiger partial charge in [0, 0.05) is 12.7 Å². The second-order valence-corrected chi connectivity index (χ2v) is 4.48. The standard InChI is InChI=1S/C16H14N4O/c21-15-14-13(9-5-10-17-14)19-16(20-15)18-11-4-8-12-6-2-1-3-7-12/h1-10H,11H2,(H2,18,19,20,21).